The van der Waals surface area contributed by atoms with E-state index < -0.39 is 0 Å². The van der Waals surface area contributed by atoms with Gasteiger partial charge in [0.15, 0.2) is 5.78 Å². The van der Waals surface area contributed by atoms with E-state index in [1.807, 2.05) is 18.4 Å². The van der Waals surface area contributed by atoms with Crippen molar-refractivity contribution in [3.63, 3.8) is 0 Å². The van der Waals surface area contributed by atoms with Gasteiger partial charge in [0, 0.05) is 6.07 Å². The van der Waals surface area contributed by atoms with Crippen LogP contribution < -0.4 is 4.74 Å². The van der Waals surface area contributed by atoms with E-state index in [1.54, 1.807) is 6.07 Å². The number of aryl methyl sites for hydroxylation is 1. The number of rotatable bonds is 4. The second-order valence-electron chi connectivity index (χ2n) is 3.58. The molecule has 2 aromatic heterocycles. The molecule has 0 saturated heterocycles. The van der Waals surface area contributed by atoms with Crippen molar-refractivity contribution in [2.45, 2.75) is 13.3 Å². The van der Waals surface area contributed by atoms with E-state index in [0.717, 1.165) is 10.4 Å². The van der Waals surface area contributed by atoms with Gasteiger partial charge in [-0.25, -0.2) is 9.97 Å². The van der Waals surface area contributed by atoms with Gasteiger partial charge in [-0.05, 0) is 23.9 Å². The number of ether oxygens (including phenoxy) is 1. The maximum Gasteiger partial charge on any atom is 0.216 e. The fourth-order valence-corrected chi connectivity index (χ4v) is 2.35. The number of methoxy groups -OCH3 is 1. The minimum atomic E-state index is 0.0817. The minimum absolute atomic E-state index is 0.0817. The molecule has 0 saturated carbocycles. The first-order chi connectivity index (χ1) is 8.20. The molecule has 0 bridgehead atoms. The molecule has 0 aliphatic heterocycles. The van der Waals surface area contributed by atoms with Crippen LogP contribution in [0, 0.1) is 6.92 Å². The number of carbonyl (C=O) groups is 1. The van der Waals surface area contributed by atoms with Gasteiger partial charge >= 0.3 is 0 Å². The zero-order valence-corrected chi connectivity index (χ0v) is 10.5. The molecular weight excluding hydrogens is 236 g/mol. The third-order valence-electron chi connectivity index (χ3n) is 2.36. The van der Waals surface area contributed by atoms with Crippen molar-refractivity contribution >= 4 is 17.1 Å². The van der Waals surface area contributed by atoms with E-state index in [-0.39, 0.29) is 12.2 Å². The summed E-state index contributed by atoms with van der Waals surface area (Å²) in [5.74, 6) is 0.559. The summed E-state index contributed by atoms with van der Waals surface area (Å²) in [5, 5.41) is 1.92. The highest BCUT2D eigenvalue weighted by Crippen LogP contribution is 2.18. The summed E-state index contributed by atoms with van der Waals surface area (Å²) in [6.07, 6.45) is 1.68. The largest absolute Gasteiger partial charge is 0.481 e. The topological polar surface area (TPSA) is 52.1 Å². The van der Waals surface area contributed by atoms with Crippen molar-refractivity contribution in [3.05, 3.63) is 40.0 Å². The Morgan fingerprint density at radius 2 is 2.29 bits per heavy atom. The Balaban J connectivity index is 2.16. The van der Waals surface area contributed by atoms with Gasteiger partial charge in [-0.2, -0.15) is 0 Å². The number of aromatic nitrogens is 2. The van der Waals surface area contributed by atoms with Crippen molar-refractivity contribution < 1.29 is 9.53 Å². The van der Waals surface area contributed by atoms with Crippen LogP contribution in [-0.2, 0) is 6.42 Å². The van der Waals surface area contributed by atoms with Crippen molar-refractivity contribution in [1.29, 1.82) is 0 Å². The van der Waals surface area contributed by atoms with Crippen LogP contribution in [0.25, 0.3) is 0 Å². The molecule has 0 spiro atoms. The number of ketones is 1. The number of thiophene rings is 1. The van der Waals surface area contributed by atoms with E-state index in [2.05, 4.69) is 9.97 Å². The van der Waals surface area contributed by atoms with Crippen molar-refractivity contribution in [3.8, 4) is 5.88 Å². The molecule has 0 unspecified atom stereocenters. The Kier molecular flexibility index (Phi) is 3.49. The summed E-state index contributed by atoms with van der Waals surface area (Å²) < 4.78 is 4.99. The van der Waals surface area contributed by atoms with E-state index in [4.69, 9.17) is 4.74 Å². The lowest BCUT2D eigenvalue weighted by Crippen LogP contribution is -2.05. The van der Waals surface area contributed by atoms with E-state index in [1.165, 1.54) is 24.8 Å². The molecular formula is C12H12N2O2S. The molecule has 0 N–H and O–H groups in total. The lowest BCUT2D eigenvalue weighted by molar-refractivity contribution is 0.0995. The third kappa shape index (κ3) is 2.68. The molecule has 0 aliphatic rings. The first kappa shape index (κ1) is 11.7. The van der Waals surface area contributed by atoms with Crippen molar-refractivity contribution in [2.75, 3.05) is 7.11 Å². The summed E-state index contributed by atoms with van der Waals surface area (Å²) in [7, 11) is 1.54. The smallest absolute Gasteiger partial charge is 0.216 e. The summed E-state index contributed by atoms with van der Waals surface area (Å²) in [6, 6.07) is 3.62. The van der Waals surface area contributed by atoms with Gasteiger partial charge in [-0.15, -0.1) is 11.3 Å². The Bertz CT molecular complexity index is 537. The van der Waals surface area contributed by atoms with Gasteiger partial charge in [0.2, 0.25) is 5.88 Å². The SMILES string of the molecule is COc1cc(CC(=O)c2sccc2C)ncn1. The molecule has 0 radical (unpaired) electrons. The van der Waals surface area contributed by atoms with E-state index in [0.29, 0.717) is 11.6 Å². The van der Waals surface area contributed by atoms with Gasteiger partial charge in [-0.1, -0.05) is 0 Å². The second-order valence-corrected chi connectivity index (χ2v) is 4.50. The minimum Gasteiger partial charge on any atom is -0.481 e. The standard InChI is InChI=1S/C12H12N2O2S/c1-8-3-4-17-12(8)10(15)5-9-6-11(16-2)14-7-13-9/h3-4,6-7H,5H2,1-2H3. The molecule has 0 aliphatic carbocycles. The summed E-state index contributed by atoms with van der Waals surface area (Å²) in [4.78, 5) is 20.8. The molecule has 2 heterocycles. The molecule has 0 aromatic carbocycles. The molecule has 88 valence electrons. The van der Waals surface area contributed by atoms with Crippen LogP contribution in [0.3, 0.4) is 0 Å². The van der Waals surface area contributed by atoms with Crippen LogP contribution in [0.5, 0.6) is 5.88 Å². The number of hydrogen-bond donors (Lipinski definition) is 0. The van der Waals surface area contributed by atoms with Crippen LogP contribution in [-0.4, -0.2) is 22.9 Å². The molecule has 0 atom stereocenters. The zero-order valence-electron chi connectivity index (χ0n) is 9.64. The molecule has 5 heteroatoms. The number of nitrogens with zero attached hydrogens (tertiary/aromatic N) is 2. The highest BCUT2D eigenvalue weighted by atomic mass is 32.1. The predicted molar refractivity (Wildman–Crippen MR) is 65.7 cm³/mol. The van der Waals surface area contributed by atoms with Crippen LogP contribution in [0.1, 0.15) is 20.9 Å². The number of carbonyl (C=O) groups excluding carboxylic acids is 1. The van der Waals surface area contributed by atoms with E-state index >= 15 is 0 Å². The molecule has 2 rings (SSSR count). The quantitative estimate of drug-likeness (QED) is 0.779. The zero-order chi connectivity index (χ0) is 12.3. The van der Waals surface area contributed by atoms with Crippen molar-refractivity contribution in [1.82, 2.24) is 9.97 Å². The molecule has 17 heavy (non-hydrogen) atoms. The Morgan fingerprint density at radius 1 is 1.47 bits per heavy atom. The number of hydrogen-bond acceptors (Lipinski definition) is 5. The maximum absolute atomic E-state index is 12.0. The Morgan fingerprint density at radius 3 is 2.94 bits per heavy atom. The van der Waals surface area contributed by atoms with Crippen LogP contribution >= 0.6 is 11.3 Å². The Hall–Kier alpha value is -1.75. The second kappa shape index (κ2) is 5.05. The average molecular weight is 248 g/mol. The fourth-order valence-electron chi connectivity index (χ4n) is 1.49. The van der Waals surface area contributed by atoms with Gasteiger partial charge in [0.05, 0.1) is 24.1 Å². The summed E-state index contributed by atoms with van der Waals surface area (Å²) in [5.41, 5.74) is 1.69. The van der Waals surface area contributed by atoms with Gasteiger partial charge in [0.25, 0.3) is 0 Å². The van der Waals surface area contributed by atoms with Crippen LogP contribution in [0.4, 0.5) is 0 Å². The number of Topliss-reactive ketones (excluding diaryl/α,β-unsaturated/α-hetero) is 1. The third-order valence-corrected chi connectivity index (χ3v) is 3.42. The first-order valence-corrected chi connectivity index (χ1v) is 6.01. The molecule has 0 amide bonds. The van der Waals surface area contributed by atoms with Crippen LogP contribution in [0.2, 0.25) is 0 Å². The molecule has 4 nitrogen and oxygen atoms in total. The Labute approximate surface area is 103 Å². The molecule has 2 aromatic rings. The maximum atomic E-state index is 12.0. The van der Waals surface area contributed by atoms with Gasteiger partial charge < -0.3 is 4.74 Å². The summed E-state index contributed by atoms with van der Waals surface area (Å²) >= 11 is 1.46. The lowest BCUT2D eigenvalue weighted by Gasteiger charge is -2.02. The van der Waals surface area contributed by atoms with Gasteiger partial charge in [-0.3, -0.25) is 4.79 Å². The van der Waals surface area contributed by atoms with E-state index in [9.17, 15) is 4.79 Å². The normalized spacial score (nSPS) is 10.2. The molecule has 0 fully saturated rings. The summed E-state index contributed by atoms with van der Waals surface area (Å²) in [6.45, 7) is 1.93. The fraction of sp³-hybridized carbons (Fsp3) is 0.250. The first-order valence-electron chi connectivity index (χ1n) is 5.13. The van der Waals surface area contributed by atoms with Crippen molar-refractivity contribution in [2.24, 2.45) is 0 Å². The van der Waals surface area contributed by atoms with Gasteiger partial charge in [0.1, 0.15) is 6.33 Å². The predicted octanol–water partition coefficient (Wildman–Crippen LogP) is 2.28. The highest BCUT2D eigenvalue weighted by molar-refractivity contribution is 7.12. The van der Waals surface area contributed by atoms with Crippen LogP contribution in [0.15, 0.2) is 23.8 Å². The average Bonchev–Trinajstić information content (AvgIpc) is 2.76. The highest BCUT2D eigenvalue weighted by Gasteiger charge is 2.12. The lowest BCUT2D eigenvalue weighted by atomic mass is 10.1. The monoisotopic (exact) mass is 248 g/mol.